The van der Waals surface area contributed by atoms with Crippen molar-refractivity contribution in [2.45, 2.75) is 19.1 Å². The Bertz CT molecular complexity index is 1210. The van der Waals surface area contributed by atoms with E-state index in [0.29, 0.717) is 38.9 Å². The van der Waals surface area contributed by atoms with E-state index in [-0.39, 0.29) is 6.54 Å². The van der Waals surface area contributed by atoms with Gasteiger partial charge in [-0.25, -0.2) is 9.78 Å². The Kier molecular flexibility index (Phi) is 4.32. The van der Waals surface area contributed by atoms with Gasteiger partial charge in [0, 0.05) is 31.1 Å². The number of hydrogen-bond acceptors (Lipinski definition) is 5. The van der Waals surface area contributed by atoms with Crippen LogP contribution >= 0.6 is 23.2 Å². The van der Waals surface area contributed by atoms with Gasteiger partial charge < -0.3 is 9.40 Å². The van der Waals surface area contributed by atoms with Gasteiger partial charge in [0.2, 0.25) is 0 Å². The second kappa shape index (κ2) is 6.54. The molecule has 140 valence electrons. The van der Waals surface area contributed by atoms with Crippen molar-refractivity contribution in [1.82, 2.24) is 18.7 Å². The third-order valence-corrected chi connectivity index (χ3v) is 5.11. The average Bonchev–Trinajstić information content (AvgIpc) is 3.24. The molecule has 1 aliphatic heterocycles. The number of imidazole rings is 1. The van der Waals surface area contributed by atoms with Crippen molar-refractivity contribution in [1.29, 1.82) is 0 Å². The molecular weight excluding hydrogens is 393 g/mol. The largest absolute Gasteiger partial charge is 0.390 e. The van der Waals surface area contributed by atoms with E-state index in [4.69, 9.17) is 28.0 Å². The summed E-state index contributed by atoms with van der Waals surface area (Å²) in [6.07, 6.45) is 1.47. The third kappa shape index (κ3) is 2.94. The van der Waals surface area contributed by atoms with E-state index in [1.807, 2.05) is 0 Å². The van der Waals surface area contributed by atoms with Gasteiger partial charge in [0.15, 0.2) is 17.3 Å². The number of oxime groups is 1. The monoisotopic (exact) mass is 407 g/mol. The number of halogens is 2. The minimum Gasteiger partial charge on any atom is -0.390 e. The fraction of sp³-hybridized carbons (Fsp3) is 0.294. The van der Waals surface area contributed by atoms with Gasteiger partial charge in [-0.1, -0.05) is 34.4 Å². The Morgan fingerprint density at radius 2 is 2.04 bits per heavy atom. The highest BCUT2D eigenvalue weighted by atomic mass is 35.5. The molecule has 0 saturated heterocycles. The molecule has 0 radical (unpaired) electrons. The SMILES string of the molecule is Cn1cnc2c1c(=O)n(CC1CC(c3ccc(Cl)cc3Cl)=NO1)c(=O)n2C. The molecule has 1 atom stereocenters. The lowest BCUT2D eigenvalue weighted by Crippen LogP contribution is -2.42. The maximum absolute atomic E-state index is 12.8. The normalized spacial score (nSPS) is 16.6. The molecule has 0 spiro atoms. The van der Waals surface area contributed by atoms with Crippen molar-refractivity contribution in [3.05, 3.63) is 61.0 Å². The van der Waals surface area contributed by atoms with Gasteiger partial charge in [-0.2, -0.15) is 0 Å². The van der Waals surface area contributed by atoms with Crippen LogP contribution in [-0.4, -0.2) is 30.5 Å². The summed E-state index contributed by atoms with van der Waals surface area (Å²) in [7, 11) is 3.29. The number of hydrogen-bond donors (Lipinski definition) is 0. The molecule has 0 amide bonds. The number of benzene rings is 1. The van der Waals surface area contributed by atoms with Crippen molar-refractivity contribution in [3.63, 3.8) is 0 Å². The zero-order valence-corrected chi connectivity index (χ0v) is 16.0. The highest BCUT2D eigenvalue weighted by Crippen LogP contribution is 2.26. The van der Waals surface area contributed by atoms with Crippen molar-refractivity contribution < 1.29 is 4.84 Å². The molecule has 2 aromatic heterocycles. The molecule has 0 bridgehead atoms. The third-order valence-electron chi connectivity index (χ3n) is 4.56. The van der Waals surface area contributed by atoms with Crippen molar-refractivity contribution in [2.75, 3.05) is 0 Å². The molecule has 0 fully saturated rings. The lowest BCUT2D eigenvalue weighted by Gasteiger charge is -2.12. The molecule has 1 aliphatic rings. The lowest BCUT2D eigenvalue weighted by molar-refractivity contribution is 0.0706. The smallest absolute Gasteiger partial charge is 0.332 e. The van der Waals surface area contributed by atoms with Crippen LogP contribution in [0.25, 0.3) is 11.2 Å². The van der Waals surface area contributed by atoms with Crippen LogP contribution < -0.4 is 11.2 Å². The summed E-state index contributed by atoms with van der Waals surface area (Å²) in [5.41, 5.74) is 1.21. The molecule has 8 nitrogen and oxygen atoms in total. The minimum absolute atomic E-state index is 0.0742. The maximum Gasteiger partial charge on any atom is 0.332 e. The van der Waals surface area contributed by atoms with Gasteiger partial charge in [-0.05, 0) is 12.1 Å². The van der Waals surface area contributed by atoms with E-state index in [2.05, 4.69) is 10.1 Å². The lowest BCUT2D eigenvalue weighted by atomic mass is 10.0. The van der Waals surface area contributed by atoms with Crippen LogP contribution in [0.5, 0.6) is 0 Å². The second-order valence-corrected chi connectivity index (χ2v) is 7.22. The Balaban J connectivity index is 1.64. The number of aromatic nitrogens is 4. The minimum atomic E-state index is -0.456. The number of rotatable bonds is 3. The topological polar surface area (TPSA) is 83.4 Å². The molecular formula is C17H15Cl2N5O3. The predicted molar refractivity (Wildman–Crippen MR) is 103 cm³/mol. The summed E-state index contributed by atoms with van der Waals surface area (Å²) in [4.78, 5) is 34.9. The Morgan fingerprint density at radius 1 is 1.26 bits per heavy atom. The predicted octanol–water partition coefficient (Wildman–Crippen LogP) is 1.93. The Morgan fingerprint density at radius 3 is 2.78 bits per heavy atom. The van der Waals surface area contributed by atoms with Gasteiger partial charge in [0.25, 0.3) is 5.56 Å². The highest BCUT2D eigenvalue weighted by Gasteiger charge is 2.26. The molecule has 3 aromatic rings. The molecule has 4 rings (SSSR count). The van der Waals surface area contributed by atoms with Gasteiger partial charge in [0.1, 0.15) is 0 Å². The molecule has 0 aliphatic carbocycles. The van der Waals surface area contributed by atoms with Crippen LogP contribution in [0.4, 0.5) is 0 Å². The van der Waals surface area contributed by atoms with E-state index in [1.165, 1.54) is 10.9 Å². The first kappa shape index (κ1) is 17.8. The second-order valence-electron chi connectivity index (χ2n) is 6.38. The molecule has 1 aromatic carbocycles. The van der Waals surface area contributed by atoms with Crippen molar-refractivity contribution in [3.8, 4) is 0 Å². The molecule has 27 heavy (non-hydrogen) atoms. The average molecular weight is 408 g/mol. The molecule has 0 saturated carbocycles. The fourth-order valence-electron chi connectivity index (χ4n) is 3.17. The summed E-state index contributed by atoms with van der Waals surface area (Å²) in [6, 6.07) is 5.11. The van der Waals surface area contributed by atoms with Gasteiger partial charge in [-0.15, -0.1) is 0 Å². The standard InChI is InChI=1S/C17H15Cl2N5O3/c1-22-8-20-15-14(22)16(25)24(17(26)23(15)2)7-10-6-13(21-27-10)11-4-3-9(18)5-12(11)19/h3-5,8,10H,6-7H2,1-2H3. The molecule has 3 heterocycles. The van der Waals surface area contributed by atoms with Crippen molar-refractivity contribution >= 4 is 40.1 Å². The number of nitrogens with zero attached hydrogens (tertiary/aromatic N) is 5. The van der Waals surface area contributed by atoms with Crippen LogP contribution in [0.1, 0.15) is 12.0 Å². The van der Waals surface area contributed by atoms with E-state index >= 15 is 0 Å². The summed E-state index contributed by atoms with van der Waals surface area (Å²) < 4.78 is 4.10. The van der Waals surface area contributed by atoms with E-state index in [9.17, 15) is 9.59 Å². The number of fused-ring (bicyclic) bond motifs is 1. The zero-order valence-electron chi connectivity index (χ0n) is 14.5. The van der Waals surface area contributed by atoms with Gasteiger partial charge >= 0.3 is 5.69 Å². The van der Waals surface area contributed by atoms with Crippen LogP contribution in [0, 0.1) is 0 Å². The van der Waals surface area contributed by atoms with E-state index in [0.717, 1.165) is 4.57 Å². The molecule has 0 N–H and O–H groups in total. The quantitative estimate of drug-likeness (QED) is 0.663. The summed E-state index contributed by atoms with van der Waals surface area (Å²) in [5, 5.41) is 5.07. The molecule has 1 unspecified atom stereocenters. The Hall–Kier alpha value is -2.58. The van der Waals surface area contributed by atoms with Crippen LogP contribution in [-0.2, 0) is 25.5 Å². The van der Waals surface area contributed by atoms with Crippen LogP contribution in [0.3, 0.4) is 0 Å². The maximum atomic E-state index is 12.8. The first-order valence-electron chi connectivity index (χ1n) is 8.15. The van der Waals surface area contributed by atoms with Crippen LogP contribution in [0.2, 0.25) is 10.0 Å². The van der Waals surface area contributed by atoms with Crippen LogP contribution in [0.15, 0.2) is 39.3 Å². The first-order chi connectivity index (χ1) is 12.9. The van der Waals surface area contributed by atoms with E-state index < -0.39 is 17.4 Å². The summed E-state index contributed by atoms with van der Waals surface area (Å²) >= 11 is 12.1. The summed E-state index contributed by atoms with van der Waals surface area (Å²) in [5.74, 6) is 0. The van der Waals surface area contributed by atoms with E-state index in [1.54, 1.807) is 36.9 Å². The Labute approximate surface area is 163 Å². The zero-order chi connectivity index (χ0) is 19.3. The van der Waals surface area contributed by atoms with Crippen molar-refractivity contribution in [2.24, 2.45) is 19.3 Å². The fourth-order valence-corrected chi connectivity index (χ4v) is 3.69. The summed E-state index contributed by atoms with van der Waals surface area (Å²) in [6.45, 7) is 0.0742. The first-order valence-corrected chi connectivity index (χ1v) is 8.91. The molecule has 10 heteroatoms. The highest BCUT2D eigenvalue weighted by molar-refractivity contribution is 6.37. The number of aryl methyl sites for hydroxylation is 2. The van der Waals surface area contributed by atoms with Gasteiger partial charge in [-0.3, -0.25) is 13.9 Å². The van der Waals surface area contributed by atoms with Gasteiger partial charge in [0.05, 0.1) is 23.6 Å².